The number of carboxylic acids is 2. The van der Waals surface area contributed by atoms with Crippen LogP contribution in [0, 0.1) is 0 Å². The maximum absolute atomic E-state index is 9.10. The number of nitrogens with zero attached hydrogens (tertiary/aromatic N) is 2. The van der Waals surface area contributed by atoms with Crippen LogP contribution in [0.25, 0.3) is 0 Å². The lowest BCUT2D eigenvalue weighted by Gasteiger charge is -2.34. The van der Waals surface area contributed by atoms with Crippen LogP contribution < -0.4 is 0 Å². The van der Waals surface area contributed by atoms with Crippen molar-refractivity contribution in [3.8, 4) is 0 Å². The predicted molar refractivity (Wildman–Crippen MR) is 116 cm³/mol. The minimum absolute atomic E-state index is 1.05. The minimum atomic E-state index is -1.82. The van der Waals surface area contributed by atoms with Crippen molar-refractivity contribution >= 4 is 27.9 Å². The summed E-state index contributed by atoms with van der Waals surface area (Å²) < 4.78 is 1.23. The summed E-state index contributed by atoms with van der Waals surface area (Å²) in [5.74, 6) is -3.65. The monoisotopic (exact) mass is 462 g/mol. The van der Waals surface area contributed by atoms with Crippen molar-refractivity contribution < 1.29 is 19.8 Å². The smallest absolute Gasteiger partial charge is 0.414 e. The fourth-order valence-corrected chi connectivity index (χ4v) is 3.60. The average Bonchev–Trinajstić information content (AvgIpc) is 2.72. The molecular weight excluding hydrogens is 436 g/mol. The number of halogens is 1. The molecule has 0 unspecified atom stereocenters. The minimum Gasteiger partial charge on any atom is -0.473 e. The van der Waals surface area contributed by atoms with E-state index in [1.54, 1.807) is 0 Å². The molecule has 156 valence electrons. The van der Waals surface area contributed by atoms with Gasteiger partial charge in [0.25, 0.3) is 0 Å². The lowest BCUT2D eigenvalue weighted by molar-refractivity contribution is -0.159. The molecule has 29 heavy (non-hydrogen) atoms. The van der Waals surface area contributed by atoms with E-state index in [1.165, 1.54) is 61.2 Å². The Morgan fingerprint density at radius 2 is 1.38 bits per heavy atom. The number of piperazine rings is 1. The zero-order chi connectivity index (χ0) is 21.1. The van der Waals surface area contributed by atoms with Gasteiger partial charge in [-0.05, 0) is 36.6 Å². The van der Waals surface area contributed by atoms with Gasteiger partial charge in [0, 0.05) is 37.2 Å². The Hall–Kier alpha value is -2.22. The van der Waals surface area contributed by atoms with Crippen LogP contribution in [0.5, 0.6) is 0 Å². The van der Waals surface area contributed by atoms with Crippen LogP contribution in [0.3, 0.4) is 0 Å². The maximum atomic E-state index is 9.10. The summed E-state index contributed by atoms with van der Waals surface area (Å²) >= 11 is 3.65. The molecule has 0 aliphatic carbocycles. The van der Waals surface area contributed by atoms with Gasteiger partial charge in [0.15, 0.2) is 0 Å². The Morgan fingerprint density at radius 1 is 0.828 bits per heavy atom. The molecule has 0 aromatic heterocycles. The zero-order valence-corrected chi connectivity index (χ0v) is 17.9. The van der Waals surface area contributed by atoms with E-state index >= 15 is 0 Å². The van der Waals surface area contributed by atoms with E-state index < -0.39 is 11.9 Å². The molecule has 0 radical (unpaired) electrons. The summed E-state index contributed by atoms with van der Waals surface area (Å²) in [5.41, 5.74) is 2.85. The fourth-order valence-electron chi connectivity index (χ4n) is 3.19. The molecule has 2 aromatic rings. The van der Waals surface area contributed by atoms with Crippen molar-refractivity contribution in [1.29, 1.82) is 0 Å². The summed E-state index contributed by atoms with van der Waals surface area (Å²) in [5, 5.41) is 14.8. The van der Waals surface area contributed by atoms with Crippen molar-refractivity contribution in [3.63, 3.8) is 0 Å². The molecule has 0 atom stereocenters. The normalized spacial score (nSPS) is 14.7. The van der Waals surface area contributed by atoms with Crippen LogP contribution in [-0.2, 0) is 22.6 Å². The molecule has 7 heteroatoms. The maximum Gasteiger partial charge on any atom is 0.414 e. The molecule has 1 heterocycles. The van der Waals surface area contributed by atoms with E-state index in [1.807, 2.05) is 0 Å². The van der Waals surface area contributed by atoms with Crippen molar-refractivity contribution in [2.24, 2.45) is 0 Å². The standard InChI is InChI=1S/C20H25BrN2.C2H2O4/c21-20-11-5-4-10-19(20)17-23-15-13-22(14-16-23)12-6-9-18-7-2-1-3-8-18;3-1(4)2(5)6/h1-5,7-8,10-11H,6,9,12-17H2;(H,3,4)(H,5,6). The molecule has 0 amide bonds. The number of aryl methyl sites for hydroxylation is 1. The second-order valence-corrected chi connectivity index (χ2v) is 7.76. The van der Waals surface area contributed by atoms with Gasteiger partial charge in [-0.3, -0.25) is 4.90 Å². The quantitative estimate of drug-likeness (QED) is 0.640. The number of carbonyl (C=O) groups is 2. The van der Waals surface area contributed by atoms with Gasteiger partial charge >= 0.3 is 11.9 Å². The molecule has 1 aliphatic heterocycles. The highest BCUT2D eigenvalue weighted by Gasteiger charge is 2.17. The highest BCUT2D eigenvalue weighted by Crippen LogP contribution is 2.18. The molecule has 0 spiro atoms. The zero-order valence-electron chi connectivity index (χ0n) is 16.3. The summed E-state index contributed by atoms with van der Waals surface area (Å²) in [4.78, 5) is 23.4. The molecular formula is C22H27BrN2O4. The topological polar surface area (TPSA) is 81.1 Å². The van der Waals surface area contributed by atoms with Gasteiger partial charge < -0.3 is 15.1 Å². The van der Waals surface area contributed by atoms with Gasteiger partial charge in [0.05, 0.1) is 0 Å². The van der Waals surface area contributed by atoms with Crippen LogP contribution in [0.1, 0.15) is 17.5 Å². The first-order valence-corrected chi connectivity index (χ1v) is 10.4. The van der Waals surface area contributed by atoms with Gasteiger partial charge in [-0.2, -0.15) is 0 Å². The molecule has 6 nitrogen and oxygen atoms in total. The third-order valence-electron chi connectivity index (χ3n) is 4.78. The van der Waals surface area contributed by atoms with Crippen LogP contribution in [0.15, 0.2) is 59.1 Å². The van der Waals surface area contributed by atoms with E-state index in [9.17, 15) is 0 Å². The number of benzene rings is 2. The highest BCUT2D eigenvalue weighted by atomic mass is 79.9. The fraction of sp³-hybridized carbons (Fsp3) is 0.364. The Labute approximate surface area is 179 Å². The summed E-state index contributed by atoms with van der Waals surface area (Å²) in [6.07, 6.45) is 2.45. The summed E-state index contributed by atoms with van der Waals surface area (Å²) in [6.45, 7) is 7.01. The van der Waals surface area contributed by atoms with Crippen molar-refractivity contribution in [3.05, 3.63) is 70.2 Å². The Balaban J connectivity index is 0.000000438. The van der Waals surface area contributed by atoms with Crippen molar-refractivity contribution in [1.82, 2.24) is 9.80 Å². The van der Waals surface area contributed by atoms with Gasteiger partial charge in [-0.25, -0.2) is 9.59 Å². The Morgan fingerprint density at radius 3 is 1.97 bits per heavy atom. The number of carboxylic acid groups (broad SMARTS) is 2. The molecule has 3 rings (SSSR count). The first kappa shape index (κ1) is 23.1. The lowest BCUT2D eigenvalue weighted by Crippen LogP contribution is -2.46. The van der Waals surface area contributed by atoms with Gasteiger partial charge in [-0.1, -0.05) is 64.5 Å². The van der Waals surface area contributed by atoms with Gasteiger partial charge in [-0.15, -0.1) is 0 Å². The highest BCUT2D eigenvalue weighted by molar-refractivity contribution is 9.10. The number of rotatable bonds is 6. The number of aliphatic carboxylic acids is 2. The SMILES string of the molecule is Brc1ccccc1CN1CCN(CCCc2ccccc2)CC1.O=C(O)C(=O)O. The first-order valence-electron chi connectivity index (χ1n) is 9.64. The number of hydrogen-bond acceptors (Lipinski definition) is 4. The van der Waals surface area contributed by atoms with E-state index in [4.69, 9.17) is 19.8 Å². The van der Waals surface area contributed by atoms with E-state index in [2.05, 4.69) is 80.3 Å². The third kappa shape index (κ3) is 8.77. The lowest BCUT2D eigenvalue weighted by atomic mass is 10.1. The second-order valence-electron chi connectivity index (χ2n) is 6.91. The number of hydrogen-bond donors (Lipinski definition) is 2. The molecule has 1 saturated heterocycles. The third-order valence-corrected chi connectivity index (χ3v) is 5.56. The molecule has 1 fully saturated rings. The van der Waals surface area contributed by atoms with E-state index in [-0.39, 0.29) is 0 Å². The van der Waals surface area contributed by atoms with Crippen LogP contribution in [0.4, 0.5) is 0 Å². The van der Waals surface area contributed by atoms with Crippen LogP contribution in [0.2, 0.25) is 0 Å². The Bertz CT molecular complexity index is 765. The molecule has 1 aliphatic rings. The Kier molecular flexibility index (Phi) is 9.83. The molecule has 2 aromatic carbocycles. The van der Waals surface area contributed by atoms with E-state index in [0.717, 1.165) is 6.54 Å². The van der Waals surface area contributed by atoms with Gasteiger partial charge in [0.2, 0.25) is 0 Å². The molecule has 0 bridgehead atoms. The molecule has 0 saturated carbocycles. The van der Waals surface area contributed by atoms with Crippen LogP contribution >= 0.6 is 15.9 Å². The summed E-state index contributed by atoms with van der Waals surface area (Å²) in [7, 11) is 0. The average molecular weight is 463 g/mol. The van der Waals surface area contributed by atoms with Crippen molar-refractivity contribution in [2.75, 3.05) is 32.7 Å². The summed E-state index contributed by atoms with van der Waals surface area (Å²) in [6, 6.07) is 19.4. The second kappa shape index (κ2) is 12.4. The molecule has 2 N–H and O–H groups in total. The first-order chi connectivity index (χ1) is 14.0. The van der Waals surface area contributed by atoms with Crippen molar-refractivity contribution in [2.45, 2.75) is 19.4 Å². The van der Waals surface area contributed by atoms with E-state index in [0.29, 0.717) is 0 Å². The predicted octanol–water partition coefficient (Wildman–Crippen LogP) is 3.36. The van der Waals surface area contributed by atoms with Crippen LogP contribution in [-0.4, -0.2) is 64.7 Å². The van der Waals surface area contributed by atoms with Gasteiger partial charge in [0.1, 0.15) is 0 Å². The largest absolute Gasteiger partial charge is 0.473 e.